The normalized spacial score (nSPS) is 13.3. The average molecular weight is 418 g/mol. The van der Waals surface area contributed by atoms with Crippen LogP contribution in [0, 0.1) is 11.7 Å². The number of anilines is 1. The molecule has 0 fully saturated rings. The van der Waals surface area contributed by atoms with Crippen molar-refractivity contribution in [3.8, 4) is 11.3 Å². The summed E-state index contributed by atoms with van der Waals surface area (Å²) in [5.41, 5.74) is 4.97. The standard InChI is InChI=1S/C26H28FN3O/c1-3-7-17(2)10-14-23-25(30-26(31)18-8-5-4-6-9-18)29-22-15-11-19-16-20(27)12-13-21(19)24(22)28-23/h4-6,8-9,12-13,16-17H,3,7,10-11,14-15H2,1-2H3,(H,29,30,31). The Bertz CT molecular complexity index is 1080. The van der Waals surface area contributed by atoms with Gasteiger partial charge in [-0.25, -0.2) is 14.4 Å². The van der Waals surface area contributed by atoms with Crippen molar-refractivity contribution < 1.29 is 9.18 Å². The van der Waals surface area contributed by atoms with Crippen LogP contribution in [-0.4, -0.2) is 15.9 Å². The van der Waals surface area contributed by atoms with Gasteiger partial charge in [0.2, 0.25) is 0 Å². The Balaban J connectivity index is 1.69. The molecule has 5 heteroatoms. The number of carbonyl (C=O) groups excluding carboxylic acids is 1. The molecule has 2 aromatic carbocycles. The quantitative estimate of drug-likeness (QED) is 0.513. The first-order chi connectivity index (χ1) is 15.0. The van der Waals surface area contributed by atoms with Gasteiger partial charge in [0.25, 0.3) is 5.91 Å². The smallest absolute Gasteiger partial charge is 0.256 e. The van der Waals surface area contributed by atoms with Crippen LogP contribution in [-0.2, 0) is 19.3 Å². The Kier molecular flexibility index (Phi) is 6.40. The predicted octanol–water partition coefficient (Wildman–Crippen LogP) is 6.00. The Morgan fingerprint density at radius 3 is 2.68 bits per heavy atom. The van der Waals surface area contributed by atoms with Crippen molar-refractivity contribution in [3.63, 3.8) is 0 Å². The lowest BCUT2D eigenvalue weighted by Crippen LogP contribution is -2.19. The highest BCUT2D eigenvalue weighted by Crippen LogP contribution is 2.33. The number of rotatable bonds is 7. The third kappa shape index (κ3) is 4.82. The van der Waals surface area contributed by atoms with E-state index in [0.717, 1.165) is 53.9 Å². The second kappa shape index (κ2) is 9.38. The molecule has 0 saturated heterocycles. The first-order valence-electron chi connectivity index (χ1n) is 11.1. The zero-order chi connectivity index (χ0) is 21.8. The summed E-state index contributed by atoms with van der Waals surface area (Å²) in [6.45, 7) is 4.44. The minimum Gasteiger partial charge on any atom is -0.305 e. The van der Waals surface area contributed by atoms with Gasteiger partial charge in [-0.15, -0.1) is 0 Å². The largest absolute Gasteiger partial charge is 0.305 e. The van der Waals surface area contributed by atoms with Gasteiger partial charge in [-0.3, -0.25) is 4.79 Å². The minimum atomic E-state index is -0.226. The number of aryl methyl sites for hydroxylation is 3. The van der Waals surface area contributed by atoms with E-state index in [9.17, 15) is 9.18 Å². The molecule has 0 radical (unpaired) electrons. The maximum absolute atomic E-state index is 13.7. The highest BCUT2D eigenvalue weighted by Gasteiger charge is 2.23. The number of hydrogen-bond acceptors (Lipinski definition) is 3. The van der Waals surface area contributed by atoms with Crippen LogP contribution in [0.3, 0.4) is 0 Å². The summed E-state index contributed by atoms with van der Waals surface area (Å²) >= 11 is 0. The van der Waals surface area contributed by atoms with E-state index < -0.39 is 0 Å². The third-order valence-corrected chi connectivity index (χ3v) is 5.92. The van der Waals surface area contributed by atoms with Gasteiger partial charge in [-0.2, -0.15) is 0 Å². The molecule has 1 amide bonds. The number of benzene rings is 2. The maximum atomic E-state index is 13.7. The number of carbonyl (C=O) groups is 1. The monoisotopic (exact) mass is 417 g/mol. The molecule has 1 aliphatic carbocycles. The summed E-state index contributed by atoms with van der Waals surface area (Å²) in [4.78, 5) is 22.6. The number of halogens is 1. The first kappa shape index (κ1) is 21.2. The van der Waals surface area contributed by atoms with Crippen LogP contribution < -0.4 is 5.32 Å². The van der Waals surface area contributed by atoms with E-state index in [2.05, 4.69) is 19.2 Å². The van der Waals surface area contributed by atoms with Crippen LogP contribution in [0.1, 0.15) is 60.4 Å². The van der Waals surface area contributed by atoms with E-state index in [-0.39, 0.29) is 11.7 Å². The van der Waals surface area contributed by atoms with Crippen molar-refractivity contribution >= 4 is 11.7 Å². The van der Waals surface area contributed by atoms with E-state index in [1.54, 1.807) is 24.3 Å². The molecule has 1 unspecified atom stereocenters. The van der Waals surface area contributed by atoms with Crippen LogP contribution in [0.5, 0.6) is 0 Å². The fourth-order valence-electron chi connectivity index (χ4n) is 4.21. The molecule has 1 heterocycles. The third-order valence-electron chi connectivity index (χ3n) is 5.92. The number of amides is 1. The number of nitrogens with one attached hydrogen (secondary N) is 1. The molecule has 1 aliphatic rings. The minimum absolute atomic E-state index is 0.184. The molecule has 1 aromatic heterocycles. The van der Waals surface area contributed by atoms with Crippen molar-refractivity contribution in [2.24, 2.45) is 5.92 Å². The fraction of sp³-hybridized carbons (Fsp3) is 0.346. The van der Waals surface area contributed by atoms with Crippen LogP contribution >= 0.6 is 0 Å². The number of nitrogens with zero attached hydrogens (tertiary/aromatic N) is 2. The van der Waals surface area contributed by atoms with Gasteiger partial charge in [0.15, 0.2) is 5.82 Å². The second-order valence-corrected chi connectivity index (χ2v) is 8.37. The Labute approximate surface area is 183 Å². The van der Waals surface area contributed by atoms with E-state index in [1.165, 1.54) is 6.07 Å². The summed E-state index contributed by atoms with van der Waals surface area (Å²) in [6.07, 6.45) is 5.42. The van der Waals surface area contributed by atoms with Crippen LogP contribution in [0.25, 0.3) is 11.3 Å². The molecule has 4 rings (SSSR count). The van der Waals surface area contributed by atoms with Crippen molar-refractivity contribution in [2.45, 2.75) is 52.4 Å². The molecular formula is C26H28FN3O. The van der Waals surface area contributed by atoms with Gasteiger partial charge in [0, 0.05) is 11.1 Å². The maximum Gasteiger partial charge on any atom is 0.256 e. The molecule has 0 bridgehead atoms. The molecule has 1 atom stereocenters. The van der Waals surface area contributed by atoms with Gasteiger partial charge in [0.05, 0.1) is 17.1 Å². The number of hydrogen-bond donors (Lipinski definition) is 1. The van der Waals surface area contributed by atoms with Crippen LogP contribution in [0.2, 0.25) is 0 Å². The lowest BCUT2D eigenvalue weighted by Gasteiger charge is -2.21. The molecule has 0 saturated carbocycles. The number of fused-ring (bicyclic) bond motifs is 3. The molecule has 1 N–H and O–H groups in total. The van der Waals surface area contributed by atoms with Crippen molar-refractivity contribution in [1.29, 1.82) is 0 Å². The van der Waals surface area contributed by atoms with Gasteiger partial charge in [0.1, 0.15) is 5.82 Å². The molecule has 0 aliphatic heterocycles. The predicted molar refractivity (Wildman–Crippen MR) is 122 cm³/mol. The van der Waals surface area contributed by atoms with E-state index in [1.807, 2.05) is 18.2 Å². The summed E-state index contributed by atoms with van der Waals surface area (Å²) in [5.74, 6) is 0.704. The summed E-state index contributed by atoms with van der Waals surface area (Å²) < 4.78 is 13.7. The van der Waals surface area contributed by atoms with E-state index >= 15 is 0 Å². The zero-order valence-electron chi connectivity index (χ0n) is 18.1. The molecule has 31 heavy (non-hydrogen) atoms. The van der Waals surface area contributed by atoms with Crippen molar-refractivity contribution in [3.05, 3.63) is 76.9 Å². The second-order valence-electron chi connectivity index (χ2n) is 8.37. The topological polar surface area (TPSA) is 54.9 Å². The lowest BCUT2D eigenvalue weighted by molar-refractivity contribution is 0.102. The molecular weight excluding hydrogens is 389 g/mol. The Morgan fingerprint density at radius 1 is 1.10 bits per heavy atom. The first-order valence-corrected chi connectivity index (χ1v) is 11.1. The van der Waals surface area contributed by atoms with Gasteiger partial charge in [-0.05, 0) is 67.5 Å². The average Bonchev–Trinajstić information content (AvgIpc) is 2.78. The highest BCUT2D eigenvalue weighted by molar-refractivity contribution is 6.04. The SMILES string of the molecule is CCCC(C)CCc1nc2c(nc1NC(=O)c1ccccc1)CCc1cc(F)ccc1-2. The van der Waals surface area contributed by atoms with Gasteiger partial charge < -0.3 is 5.32 Å². The van der Waals surface area contributed by atoms with Gasteiger partial charge >= 0.3 is 0 Å². The summed E-state index contributed by atoms with van der Waals surface area (Å²) in [5, 5.41) is 2.99. The lowest BCUT2D eigenvalue weighted by atomic mass is 9.91. The number of aromatic nitrogens is 2. The Morgan fingerprint density at radius 2 is 1.90 bits per heavy atom. The zero-order valence-corrected chi connectivity index (χ0v) is 18.1. The summed E-state index contributed by atoms with van der Waals surface area (Å²) in [6, 6.07) is 14.0. The van der Waals surface area contributed by atoms with Gasteiger partial charge in [-0.1, -0.05) is 44.9 Å². The van der Waals surface area contributed by atoms with Crippen LogP contribution in [0.15, 0.2) is 48.5 Å². The van der Waals surface area contributed by atoms with E-state index in [0.29, 0.717) is 30.1 Å². The molecule has 4 nitrogen and oxygen atoms in total. The molecule has 160 valence electrons. The van der Waals surface area contributed by atoms with Crippen molar-refractivity contribution in [2.75, 3.05) is 5.32 Å². The van der Waals surface area contributed by atoms with Crippen LogP contribution in [0.4, 0.5) is 10.2 Å². The highest BCUT2D eigenvalue weighted by atomic mass is 19.1. The summed E-state index contributed by atoms with van der Waals surface area (Å²) in [7, 11) is 0. The van der Waals surface area contributed by atoms with E-state index in [4.69, 9.17) is 9.97 Å². The Hall–Kier alpha value is -3.08. The molecule has 0 spiro atoms. The molecule has 3 aromatic rings. The fourth-order valence-corrected chi connectivity index (χ4v) is 4.21. The van der Waals surface area contributed by atoms with Crippen molar-refractivity contribution in [1.82, 2.24) is 9.97 Å².